The number of fused-ring (bicyclic) bond motifs is 1. The summed E-state index contributed by atoms with van der Waals surface area (Å²) in [5.41, 5.74) is 5.43. The van der Waals surface area contributed by atoms with Gasteiger partial charge in [0.25, 0.3) is 0 Å². The molecular weight excluding hydrogens is 351 g/mol. The standard InChI is InChI=1S/C23H21FN4/c24-18-7-11-20(12-8-18)28-15-13-27(14-16-28)19-9-5-17(6-10-19)23-25-21-3-1-2-4-22(21)26-23/h1-12H,13-16H2,(H,25,26). The number of para-hydroxylation sites is 2. The van der Waals surface area contributed by atoms with E-state index in [2.05, 4.69) is 44.0 Å². The third kappa shape index (κ3) is 3.20. The zero-order valence-corrected chi connectivity index (χ0v) is 15.5. The summed E-state index contributed by atoms with van der Waals surface area (Å²) >= 11 is 0. The Morgan fingerprint density at radius 3 is 1.89 bits per heavy atom. The van der Waals surface area contributed by atoms with E-state index in [1.807, 2.05) is 36.4 Å². The largest absolute Gasteiger partial charge is 0.368 e. The second-order valence-corrected chi connectivity index (χ2v) is 7.10. The van der Waals surface area contributed by atoms with Gasteiger partial charge in [0.2, 0.25) is 0 Å². The first-order valence-corrected chi connectivity index (χ1v) is 9.57. The summed E-state index contributed by atoms with van der Waals surface area (Å²) in [5.74, 6) is 0.709. The number of nitrogens with zero attached hydrogens (tertiary/aromatic N) is 3. The Hall–Kier alpha value is -3.34. The van der Waals surface area contributed by atoms with Crippen LogP contribution in [0.2, 0.25) is 0 Å². The molecule has 0 aliphatic carbocycles. The lowest BCUT2D eigenvalue weighted by Crippen LogP contribution is -2.46. The Labute approximate surface area is 163 Å². The Bertz CT molecular complexity index is 1040. The van der Waals surface area contributed by atoms with E-state index >= 15 is 0 Å². The van der Waals surface area contributed by atoms with Crippen LogP contribution in [0.5, 0.6) is 0 Å². The quantitative estimate of drug-likeness (QED) is 0.566. The SMILES string of the molecule is Fc1ccc(N2CCN(c3ccc(-c4nc5ccccc5[nH]4)cc3)CC2)cc1. The highest BCUT2D eigenvalue weighted by Crippen LogP contribution is 2.25. The predicted octanol–water partition coefficient (Wildman–Crippen LogP) is 4.70. The smallest absolute Gasteiger partial charge is 0.138 e. The second kappa shape index (κ2) is 7.00. The van der Waals surface area contributed by atoms with Gasteiger partial charge in [-0.15, -0.1) is 0 Å². The second-order valence-electron chi connectivity index (χ2n) is 7.10. The van der Waals surface area contributed by atoms with Gasteiger partial charge in [0.1, 0.15) is 11.6 Å². The summed E-state index contributed by atoms with van der Waals surface area (Å²) in [7, 11) is 0. The Balaban J connectivity index is 1.28. The van der Waals surface area contributed by atoms with Gasteiger partial charge in [0.15, 0.2) is 0 Å². The Morgan fingerprint density at radius 1 is 0.714 bits per heavy atom. The van der Waals surface area contributed by atoms with Crippen LogP contribution in [0.25, 0.3) is 22.4 Å². The molecule has 0 bridgehead atoms. The average molecular weight is 372 g/mol. The normalized spacial score (nSPS) is 14.6. The van der Waals surface area contributed by atoms with Crippen molar-refractivity contribution in [3.63, 3.8) is 0 Å². The number of nitrogens with one attached hydrogen (secondary N) is 1. The number of benzene rings is 3. The monoisotopic (exact) mass is 372 g/mol. The number of hydrogen-bond donors (Lipinski definition) is 1. The molecule has 4 aromatic rings. The van der Waals surface area contributed by atoms with E-state index < -0.39 is 0 Å². The fourth-order valence-corrected chi connectivity index (χ4v) is 3.79. The van der Waals surface area contributed by atoms with Gasteiger partial charge >= 0.3 is 0 Å². The molecule has 0 atom stereocenters. The number of halogens is 1. The molecule has 0 radical (unpaired) electrons. The van der Waals surface area contributed by atoms with Crippen LogP contribution in [-0.4, -0.2) is 36.1 Å². The first kappa shape index (κ1) is 16.8. The number of H-pyrrole nitrogens is 1. The van der Waals surface area contributed by atoms with E-state index in [9.17, 15) is 4.39 Å². The van der Waals surface area contributed by atoms with Gasteiger partial charge in [-0.1, -0.05) is 12.1 Å². The van der Waals surface area contributed by atoms with Crippen molar-refractivity contribution in [3.8, 4) is 11.4 Å². The summed E-state index contributed by atoms with van der Waals surface area (Å²) in [4.78, 5) is 12.7. The predicted molar refractivity (Wildman–Crippen MR) is 112 cm³/mol. The molecule has 3 aromatic carbocycles. The van der Waals surface area contributed by atoms with Gasteiger partial charge < -0.3 is 14.8 Å². The van der Waals surface area contributed by atoms with E-state index in [0.717, 1.165) is 54.3 Å². The van der Waals surface area contributed by atoms with Crippen molar-refractivity contribution >= 4 is 22.4 Å². The van der Waals surface area contributed by atoms with E-state index in [0.29, 0.717) is 0 Å². The molecule has 1 aliphatic rings. The van der Waals surface area contributed by atoms with Gasteiger partial charge in [0.05, 0.1) is 11.0 Å². The molecule has 0 saturated carbocycles. The van der Waals surface area contributed by atoms with Crippen molar-refractivity contribution in [2.24, 2.45) is 0 Å². The molecule has 0 spiro atoms. The molecule has 1 aromatic heterocycles. The van der Waals surface area contributed by atoms with E-state index in [-0.39, 0.29) is 5.82 Å². The third-order valence-electron chi connectivity index (χ3n) is 5.37. The lowest BCUT2D eigenvalue weighted by Gasteiger charge is -2.37. The summed E-state index contributed by atoms with van der Waals surface area (Å²) in [5, 5.41) is 0. The molecule has 5 heteroatoms. The highest BCUT2D eigenvalue weighted by atomic mass is 19.1. The van der Waals surface area contributed by atoms with Crippen molar-refractivity contribution < 1.29 is 4.39 Å². The number of imidazole rings is 1. The highest BCUT2D eigenvalue weighted by Gasteiger charge is 2.18. The van der Waals surface area contributed by atoms with Crippen molar-refractivity contribution in [2.75, 3.05) is 36.0 Å². The highest BCUT2D eigenvalue weighted by molar-refractivity contribution is 5.79. The molecule has 5 rings (SSSR count). The van der Waals surface area contributed by atoms with Crippen LogP contribution >= 0.6 is 0 Å². The van der Waals surface area contributed by atoms with Crippen LogP contribution in [-0.2, 0) is 0 Å². The minimum Gasteiger partial charge on any atom is -0.368 e. The first-order valence-electron chi connectivity index (χ1n) is 9.57. The van der Waals surface area contributed by atoms with Gasteiger partial charge in [0, 0.05) is 43.1 Å². The molecular formula is C23H21FN4. The molecule has 1 saturated heterocycles. The topological polar surface area (TPSA) is 35.2 Å². The van der Waals surface area contributed by atoms with Gasteiger partial charge in [-0.3, -0.25) is 0 Å². The minimum atomic E-state index is -0.188. The molecule has 1 fully saturated rings. The zero-order valence-electron chi connectivity index (χ0n) is 15.5. The molecule has 2 heterocycles. The minimum absolute atomic E-state index is 0.188. The molecule has 0 amide bonds. The Kier molecular flexibility index (Phi) is 4.20. The van der Waals surface area contributed by atoms with Crippen molar-refractivity contribution in [2.45, 2.75) is 0 Å². The fourth-order valence-electron chi connectivity index (χ4n) is 3.79. The number of aromatic amines is 1. The van der Waals surface area contributed by atoms with Gasteiger partial charge in [-0.2, -0.15) is 0 Å². The van der Waals surface area contributed by atoms with Gasteiger partial charge in [-0.05, 0) is 60.7 Å². The van der Waals surface area contributed by atoms with E-state index in [1.165, 1.54) is 17.8 Å². The van der Waals surface area contributed by atoms with Crippen LogP contribution in [0.1, 0.15) is 0 Å². The third-order valence-corrected chi connectivity index (χ3v) is 5.37. The van der Waals surface area contributed by atoms with Crippen LogP contribution in [0.3, 0.4) is 0 Å². The van der Waals surface area contributed by atoms with Gasteiger partial charge in [-0.25, -0.2) is 9.37 Å². The molecule has 1 N–H and O–H groups in total. The van der Waals surface area contributed by atoms with Crippen LogP contribution in [0, 0.1) is 5.82 Å². The molecule has 1 aliphatic heterocycles. The molecule has 4 nitrogen and oxygen atoms in total. The maximum Gasteiger partial charge on any atom is 0.138 e. The number of piperazine rings is 1. The fraction of sp³-hybridized carbons (Fsp3) is 0.174. The molecule has 140 valence electrons. The van der Waals surface area contributed by atoms with Crippen molar-refractivity contribution in [3.05, 3.63) is 78.6 Å². The maximum absolute atomic E-state index is 13.1. The first-order chi connectivity index (χ1) is 13.8. The van der Waals surface area contributed by atoms with Crippen LogP contribution in [0.15, 0.2) is 72.8 Å². The zero-order chi connectivity index (χ0) is 18.9. The van der Waals surface area contributed by atoms with E-state index in [4.69, 9.17) is 0 Å². The van der Waals surface area contributed by atoms with Crippen LogP contribution < -0.4 is 9.80 Å². The number of aromatic nitrogens is 2. The summed E-state index contributed by atoms with van der Waals surface area (Å²) in [6.45, 7) is 3.75. The summed E-state index contributed by atoms with van der Waals surface area (Å²) in [6, 6.07) is 23.4. The average Bonchev–Trinajstić information content (AvgIpc) is 3.19. The summed E-state index contributed by atoms with van der Waals surface area (Å²) < 4.78 is 13.1. The molecule has 0 unspecified atom stereocenters. The molecule has 28 heavy (non-hydrogen) atoms. The van der Waals surface area contributed by atoms with Crippen LogP contribution in [0.4, 0.5) is 15.8 Å². The Morgan fingerprint density at radius 2 is 1.29 bits per heavy atom. The van der Waals surface area contributed by atoms with Crippen molar-refractivity contribution in [1.82, 2.24) is 9.97 Å². The lowest BCUT2D eigenvalue weighted by atomic mass is 10.1. The number of hydrogen-bond acceptors (Lipinski definition) is 3. The lowest BCUT2D eigenvalue weighted by molar-refractivity contribution is 0.625. The maximum atomic E-state index is 13.1. The number of rotatable bonds is 3. The van der Waals surface area contributed by atoms with Crippen molar-refractivity contribution in [1.29, 1.82) is 0 Å². The van der Waals surface area contributed by atoms with E-state index in [1.54, 1.807) is 0 Å². The summed E-state index contributed by atoms with van der Waals surface area (Å²) in [6.07, 6.45) is 0. The number of anilines is 2.